The van der Waals surface area contributed by atoms with Gasteiger partial charge in [0.25, 0.3) is 0 Å². The number of benzene rings is 3. The second-order valence-corrected chi connectivity index (χ2v) is 7.91. The molecule has 0 fully saturated rings. The lowest BCUT2D eigenvalue weighted by molar-refractivity contribution is 0.368. The zero-order valence-corrected chi connectivity index (χ0v) is 15.8. The van der Waals surface area contributed by atoms with E-state index in [1.807, 2.05) is 24.3 Å². The molecule has 148 valence electrons. The molecule has 0 atom stereocenters. The lowest BCUT2D eigenvalue weighted by Gasteiger charge is -2.08. The quantitative estimate of drug-likeness (QED) is 0.172. The Morgan fingerprint density at radius 2 is 1.14 bits per heavy atom. The van der Waals surface area contributed by atoms with Gasteiger partial charge >= 0.3 is 12.9 Å². The molecular formula is C21H15BF4O2S. The lowest BCUT2D eigenvalue weighted by atomic mass is 10.2. The molecule has 0 N–H and O–H groups in total. The highest BCUT2D eigenvalue weighted by Crippen LogP contribution is 2.32. The maximum atomic E-state index is 11.5. The summed E-state index contributed by atoms with van der Waals surface area (Å²) in [4.78, 5) is 15.1. The monoisotopic (exact) mass is 418 g/mol. The molecule has 0 radical (unpaired) electrons. The van der Waals surface area contributed by atoms with Crippen LogP contribution < -0.4 is 5.63 Å². The van der Waals surface area contributed by atoms with E-state index < -0.39 is 7.25 Å². The van der Waals surface area contributed by atoms with Crippen molar-refractivity contribution in [2.75, 3.05) is 0 Å². The van der Waals surface area contributed by atoms with Gasteiger partial charge in [-0.05, 0) is 42.5 Å². The second-order valence-electron chi connectivity index (χ2n) is 5.88. The van der Waals surface area contributed by atoms with Crippen molar-refractivity contribution in [2.45, 2.75) is 14.7 Å². The summed E-state index contributed by atoms with van der Waals surface area (Å²) in [6, 6.07) is 30.2. The van der Waals surface area contributed by atoms with Crippen molar-refractivity contribution in [2.24, 2.45) is 0 Å². The molecule has 0 amide bonds. The molecule has 3 aromatic carbocycles. The number of halogens is 4. The molecule has 0 aliphatic heterocycles. The Bertz CT molecular complexity index is 1090. The molecule has 0 saturated heterocycles. The zero-order valence-electron chi connectivity index (χ0n) is 15.0. The molecule has 0 spiro atoms. The normalized spacial score (nSPS) is 11.2. The van der Waals surface area contributed by atoms with Crippen LogP contribution in [0.5, 0.6) is 0 Å². The average Bonchev–Trinajstić information content (AvgIpc) is 2.68. The van der Waals surface area contributed by atoms with Crippen LogP contribution in [0.4, 0.5) is 17.3 Å². The number of rotatable bonds is 3. The zero-order chi connectivity index (χ0) is 20.9. The molecule has 0 aliphatic rings. The smallest absolute Gasteiger partial charge is 0.423 e. The van der Waals surface area contributed by atoms with Crippen LogP contribution in [0.3, 0.4) is 0 Å². The van der Waals surface area contributed by atoms with Crippen LogP contribution in [-0.4, -0.2) is 7.25 Å². The topological polar surface area (TPSA) is 30.2 Å². The van der Waals surface area contributed by atoms with Crippen LogP contribution in [0.2, 0.25) is 0 Å². The van der Waals surface area contributed by atoms with Crippen molar-refractivity contribution in [3.8, 4) is 0 Å². The number of hydrogen-bond donors (Lipinski definition) is 0. The summed E-state index contributed by atoms with van der Waals surface area (Å²) >= 11 is 0. The van der Waals surface area contributed by atoms with Gasteiger partial charge in [0.15, 0.2) is 14.7 Å². The van der Waals surface area contributed by atoms with Gasteiger partial charge in [-0.1, -0.05) is 36.4 Å². The molecule has 4 aromatic rings. The van der Waals surface area contributed by atoms with Gasteiger partial charge in [0, 0.05) is 17.5 Å². The van der Waals surface area contributed by atoms with E-state index in [0.717, 1.165) is 10.3 Å². The number of hydrogen-bond acceptors (Lipinski definition) is 2. The van der Waals surface area contributed by atoms with Gasteiger partial charge < -0.3 is 21.7 Å². The Morgan fingerprint density at radius 1 is 0.655 bits per heavy atom. The minimum atomic E-state index is -6.00. The van der Waals surface area contributed by atoms with Crippen LogP contribution in [0.15, 0.2) is 115 Å². The highest BCUT2D eigenvalue weighted by atomic mass is 32.2. The Hall–Kier alpha value is -3.00. The predicted octanol–water partition coefficient (Wildman–Crippen LogP) is 6.19. The standard InChI is InChI=1S/C21H15O2S.BF4/c22-21-14-12-16-11-13-19(15-20(16)23-21)24(17-7-3-1-4-8-17)18-9-5-2-6-10-18;2-1(3,4)5/h1-15H;/q+1;-1. The third-order valence-electron chi connectivity index (χ3n) is 3.79. The van der Waals surface area contributed by atoms with Crippen LogP contribution in [0, 0.1) is 0 Å². The maximum absolute atomic E-state index is 11.5. The van der Waals surface area contributed by atoms with E-state index in [4.69, 9.17) is 4.42 Å². The van der Waals surface area contributed by atoms with Gasteiger partial charge in [0.2, 0.25) is 0 Å². The van der Waals surface area contributed by atoms with Gasteiger partial charge in [0.05, 0.1) is 10.9 Å². The average molecular weight is 418 g/mol. The van der Waals surface area contributed by atoms with Crippen LogP contribution in [0.25, 0.3) is 11.0 Å². The molecule has 2 nitrogen and oxygen atoms in total. The third kappa shape index (κ3) is 5.99. The van der Waals surface area contributed by atoms with Crippen molar-refractivity contribution < 1.29 is 21.7 Å². The summed E-state index contributed by atoms with van der Waals surface area (Å²) < 4.78 is 44.4. The fourth-order valence-corrected chi connectivity index (χ4v) is 4.79. The summed E-state index contributed by atoms with van der Waals surface area (Å²) in [5.74, 6) is 0. The SMILES string of the molecule is F[B-](F)(F)F.O=c1ccc2ccc([S+](c3ccccc3)c3ccccc3)cc2o1. The van der Waals surface area contributed by atoms with E-state index in [0.29, 0.717) is 5.58 Å². The van der Waals surface area contributed by atoms with E-state index in [1.54, 1.807) is 6.07 Å². The van der Waals surface area contributed by atoms with Crippen molar-refractivity contribution in [3.05, 3.63) is 101 Å². The summed E-state index contributed by atoms with van der Waals surface area (Å²) in [5, 5.41) is 0.933. The van der Waals surface area contributed by atoms with Gasteiger partial charge in [-0.3, -0.25) is 0 Å². The molecule has 0 unspecified atom stereocenters. The van der Waals surface area contributed by atoms with Gasteiger partial charge in [-0.25, -0.2) is 4.79 Å². The van der Waals surface area contributed by atoms with Gasteiger partial charge in [0.1, 0.15) is 5.58 Å². The van der Waals surface area contributed by atoms with Gasteiger partial charge in [-0.15, -0.1) is 0 Å². The minimum absolute atomic E-state index is 0.239. The van der Waals surface area contributed by atoms with Crippen molar-refractivity contribution in [3.63, 3.8) is 0 Å². The van der Waals surface area contributed by atoms with Crippen molar-refractivity contribution in [1.29, 1.82) is 0 Å². The van der Waals surface area contributed by atoms with E-state index in [1.165, 1.54) is 15.9 Å². The fraction of sp³-hybridized carbons (Fsp3) is 0. The van der Waals surface area contributed by atoms with Crippen LogP contribution >= 0.6 is 0 Å². The summed E-state index contributed by atoms with van der Waals surface area (Å²) in [5.41, 5.74) is 0.309. The Morgan fingerprint density at radius 3 is 1.66 bits per heavy atom. The highest BCUT2D eigenvalue weighted by molar-refractivity contribution is 7.97. The number of fused-ring (bicyclic) bond motifs is 1. The molecule has 8 heteroatoms. The van der Waals surface area contributed by atoms with Gasteiger partial charge in [-0.2, -0.15) is 0 Å². The van der Waals surface area contributed by atoms with E-state index in [9.17, 15) is 22.1 Å². The fourth-order valence-electron chi connectivity index (χ4n) is 2.69. The van der Waals surface area contributed by atoms with E-state index in [-0.39, 0.29) is 16.5 Å². The minimum Gasteiger partial charge on any atom is -0.423 e. The Kier molecular flexibility index (Phi) is 6.44. The van der Waals surface area contributed by atoms with E-state index in [2.05, 4.69) is 54.6 Å². The first-order valence-corrected chi connectivity index (χ1v) is 9.79. The van der Waals surface area contributed by atoms with Crippen molar-refractivity contribution in [1.82, 2.24) is 0 Å². The first-order chi connectivity index (χ1) is 13.8. The molecule has 29 heavy (non-hydrogen) atoms. The maximum Gasteiger partial charge on any atom is 0.673 e. The summed E-state index contributed by atoms with van der Waals surface area (Å²) in [6.07, 6.45) is 0. The summed E-state index contributed by atoms with van der Waals surface area (Å²) in [7, 11) is -6.24. The second kappa shape index (κ2) is 9.00. The first kappa shape index (κ1) is 20.7. The largest absolute Gasteiger partial charge is 0.673 e. The Balaban J connectivity index is 0.000000431. The molecule has 1 heterocycles. The first-order valence-electron chi connectivity index (χ1n) is 8.57. The molecule has 4 rings (SSSR count). The van der Waals surface area contributed by atoms with E-state index >= 15 is 0 Å². The molecular weight excluding hydrogens is 403 g/mol. The summed E-state index contributed by atoms with van der Waals surface area (Å²) in [6.45, 7) is 0. The Labute approximate surface area is 167 Å². The van der Waals surface area contributed by atoms with Crippen molar-refractivity contribution >= 4 is 29.1 Å². The third-order valence-corrected chi connectivity index (χ3v) is 6.00. The lowest BCUT2D eigenvalue weighted by Crippen LogP contribution is -2.05. The molecule has 1 aromatic heterocycles. The van der Waals surface area contributed by atoms with Crippen LogP contribution in [0.1, 0.15) is 0 Å². The predicted molar refractivity (Wildman–Crippen MR) is 108 cm³/mol. The van der Waals surface area contributed by atoms with Crippen LogP contribution in [-0.2, 0) is 10.9 Å². The molecule has 0 aliphatic carbocycles. The highest BCUT2D eigenvalue weighted by Gasteiger charge is 2.28. The molecule has 0 bridgehead atoms. The molecule has 0 saturated carbocycles.